The number of ether oxygens (including phenoxy) is 1. The first-order valence-electron chi connectivity index (χ1n) is 9.35. The number of benzene rings is 2. The van der Waals surface area contributed by atoms with Gasteiger partial charge >= 0.3 is 0 Å². The van der Waals surface area contributed by atoms with Crippen LogP contribution in [0.4, 0.5) is 15.8 Å². The van der Waals surface area contributed by atoms with Gasteiger partial charge in [0.1, 0.15) is 17.3 Å². The Morgan fingerprint density at radius 3 is 2.67 bits per heavy atom. The van der Waals surface area contributed by atoms with E-state index < -0.39 is 0 Å². The van der Waals surface area contributed by atoms with Crippen LogP contribution in [0.15, 0.2) is 47.5 Å². The van der Waals surface area contributed by atoms with E-state index >= 15 is 0 Å². The van der Waals surface area contributed by atoms with Crippen molar-refractivity contribution in [2.45, 2.75) is 39.7 Å². The fraction of sp³-hybridized carbons (Fsp3) is 0.348. The van der Waals surface area contributed by atoms with Crippen LogP contribution in [-0.4, -0.2) is 25.4 Å². The number of hydrogen-bond acceptors (Lipinski definition) is 3. The first kappa shape index (κ1) is 19.2. The number of aliphatic imine (C=N–C) groups is 1. The molecule has 0 N–H and O–H groups in total. The average molecular weight is 366 g/mol. The molecule has 3 rings (SSSR count). The van der Waals surface area contributed by atoms with E-state index in [-0.39, 0.29) is 11.4 Å². The molecule has 3 nitrogen and oxygen atoms in total. The number of para-hydroxylation sites is 2. The van der Waals surface area contributed by atoms with Crippen LogP contribution in [0.5, 0.6) is 5.75 Å². The van der Waals surface area contributed by atoms with Crippen LogP contribution in [0.2, 0.25) is 0 Å². The summed E-state index contributed by atoms with van der Waals surface area (Å²) in [4.78, 5) is 6.72. The molecule has 0 aliphatic carbocycles. The maximum absolute atomic E-state index is 14.9. The molecule has 2 aromatic carbocycles. The maximum atomic E-state index is 14.9. The van der Waals surface area contributed by atoms with Crippen molar-refractivity contribution in [3.05, 3.63) is 59.4 Å². The molecule has 0 amide bonds. The Kier molecular flexibility index (Phi) is 5.36. The van der Waals surface area contributed by atoms with E-state index in [4.69, 9.17) is 4.74 Å². The summed E-state index contributed by atoms with van der Waals surface area (Å²) in [5.74, 6) is 0.401. The number of halogens is 1. The van der Waals surface area contributed by atoms with E-state index in [1.54, 1.807) is 19.4 Å². The minimum absolute atomic E-state index is 0.132. The van der Waals surface area contributed by atoms with Gasteiger partial charge in [0, 0.05) is 29.6 Å². The largest absolute Gasteiger partial charge is 0.494 e. The monoisotopic (exact) mass is 366 g/mol. The zero-order valence-corrected chi connectivity index (χ0v) is 16.7. The second-order valence-electron chi connectivity index (χ2n) is 7.45. The number of allylic oxidation sites excluding steroid dienone is 1. The van der Waals surface area contributed by atoms with Crippen LogP contribution < -0.4 is 9.64 Å². The molecule has 0 aromatic heterocycles. The average Bonchev–Trinajstić information content (AvgIpc) is 2.63. The molecule has 142 valence electrons. The predicted molar refractivity (Wildman–Crippen MR) is 112 cm³/mol. The minimum atomic E-state index is -0.265. The van der Waals surface area contributed by atoms with Gasteiger partial charge in [-0.15, -0.1) is 0 Å². The molecule has 0 spiro atoms. The fourth-order valence-electron chi connectivity index (χ4n) is 3.72. The predicted octanol–water partition coefficient (Wildman–Crippen LogP) is 6.00. The molecule has 0 radical (unpaired) electrons. The van der Waals surface area contributed by atoms with Crippen LogP contribution >= 0.6 is 0 Å². The molecule has 0 unspecified atom stereocenters. The third-order valence-electron chi connectivity index (χ3n) is 4.97. The summed E-state index contributed by atoms with van der Waals surface area (Å²) in [5.41, 5.74) is 4.20. The van der Waals surface area contributed by atoms with E-state index in [1.807, 2.05) is 30.3 Å². The summed E-state index contributed by atoms with van der Waals surface area (Å²) >= 11 is 0. The number of rotatable bonds is 5. The van der Waals surface area contributed by atoms with E-state index in [0.717, 1.165) is 29.8 Å². The Labute approximate surface area is 161 Å². The Balaban J connectivity index is 2.04. The molecule has 0 saturated heterocycles. The van der Waals surface area contributed by atoms with Crippen LogP contribution in [0, 0.1) is 5.82 Å². The third kappa shape index (κ3) is 3.75. The lowest BCUT2D eigenvalue weighted by molar-refractivity contribution is 0.416. The highest BCUT2D eigenvalue weighted by atomic mass is 19.1. The van der Waals surface area contributed by atoms with Gasteiger partial charge in [-0.25, -0.2) is 4.39 Å². The summed E-state index contributed by atoms with van der Waals surface area (Å²) in [6.45, 7) is 9.46. The molecule has 1 aliphatic heterocycles. The first-order valence-corrected chi connectivity index (χ1v) is 9.35. The Morgan fingerprint density at radius 1 is 1.22 bits per heavy atom. The normalized spacial score (nSPS) is 15.6. The van der Waals surface area contributed by atoms with Gasteiger partial charge in [0.05, 0.1) is 12.6 Å². The Morgan fingerprint density at radius 2 is 1.96 bits per heavy atom. The summed E-state index contributed by atoms with van der Waals surface area (Å²) in [7, 11) is 1.60. The number of anilines is 1. The molecule has 2 aromatic rings. The number of nitrogens with zero attached hydrogens (tertiary/aromatic N) is 2. The zero-order chi connectivity index (χ0) is 19.6. The zero-order valence-electron chi connectivity index (χ0n) is 16.7. The summed E-state index contributed by atoms with van der Waals surface area (Å²) in [6.07, 6.45) is 4.84. The topological polar surface area (TPSA) is 24.8 Å². The quantitative estimate of drug-likeness (QED) is 0.607. The van der Waals surface area contributed by atoms with Crippen LogP contribution in [0.1, 0.15) is 45.2 Å². The highest BCUT2D eigenvalue weighted by Crippen LogP contribution is 2.40. The molecular weight excluding hydrogens is 339 g/mol. The summed E-state index contributed by atoms with van der Waals surface area (Å²) in [5, 5.41) is 0. The molecule has 1 aliphatic rings. The minimum Gasteiger partial charge on any atom is -0.494 e. The van der Waals surface area contributed by atoms with Gasteiger partial charge in [0.2, 0.25) is 0 Å². The van der Waals surface area contributed by atoms with E-state index in [1.165, 1.54) is 0 Å². The number of methoxy groups -OCH3 is 1. The van der Waals surface area contributed by atoms with Crippen molar-refractivity contribution in [3.63, 3.8) is 0 Å². The molecule has 0 atom stereocenters. The Hall–Kier alpha value is -2.62. The smallest absolute Gasteiger partial charge is 0.144 e. The maximum Gasteiger partial charge on any atom is 0.144 e. The molecule has 27 heavy (non-hydrogen) atoms. The SMILES string of the molecule is CCCN1c2cc(F)c(C=Nc3ccccc3OC)cc2C(C)=CC1(C)C. The fourth-order valence-corrected chi connectivity index (χ4v) is 3.72. The molecule has 0 bridgehead atoms. The molecule has 0 saturated carbocycles. The van der Waals surface area contributed by atoms with E-state index in [0.29, 0.717) is 17.0 Å². The van der Waals surface area contributed by atoms with Gasteiger partial charge < -0.3 is 9.64 Å². The summed E-state index contributed by atoms with van der Waals surface area (Å²) in [6, 6.07) is 11.0. The second-order valence-corrected chi connectivity index (χ2v) is 7.45. The molecular formula is C23H27FN2O. The number of hydrogen-bond donors (Lipinski definition) is 0. The van der Waals surface area contributed by atoms with Crippen LogP contribution in [0.3, 0.4) is 0 Å². The first-order chi connectivity index (χ1) is 12.9. The van der Waals surface area contributed by atoms with Crippen molar-refractivity contribution in [1.29, 1.82) is 0 Å². The highest BCUT2D eigenvalue weighted by Gasteiger charge is 2.31. The number of fused-ring (bicyclic) bond motifs is 1. The van der Waals surface area contributed by atoms with Gasteiger partial charge in [-0.2, -0.15) is 0 Å². The van der Waals surface area contributed by atoms with Crippen molar-refractivity contribution >= 4 is 23.2 Å². The van der Waals surface area contributed by atoms with Crippen LogP contribution in [-0.2, 0) is 0 Å². The third-order valence-corrected chi connectivity index (χ3v) is 4.97. The van der Waals surface area contributed by atoms with Crippen LogP contribution in [0.25, 0.3) is 5.57 Å². The van der Waals surface area contributed by atoms with E-state index in [2.05, 4.69) is 43.7 Å². The molecule has 0 fully saturated rings. The van der Waals surface area contributed by atoms with Gasteiger partial charge in [-0.05, 0) is 57.0 Å². The van der Waals surface area contributed by atoms with Crippen molar-refractivity contribution in [1.82, 2.24) is 0 Å². The standard InChI is InChI=1S/C23H27FN2O/c1-6-11-26-21-13-19(24)17(12-18(21)16(2)14-23(26,3)4)15-25-20-9-7-8-10-22(20)27-5/h7-10,12-15H,6,11H2,1-5H3. The van der Waals surface area contributed by atoms with Crippen molar-refractivity contribution in [2.75, 3.05) is 18.6 Å². The van der Waals surface area contributed by atoms with Gasteiger partial charge in [-0.1, -0.05) is 25.1 Å². The second kappa shape index (κ2) is 7.55. The van der Waals surface area contributed by atoms with Gasteiger partial charge in [0.25, 0.3) is 0 Å². The van der Waals surface area contributed by atoms with Crippen molar-refractivity contribution < 1.29 is 9.13 Å². The summed E-state index contributed by atoms with van der Waals surface area (Å²) < 4.78 is 20.2. The van der Waals surface area contributed by atoms with Gasteiger partial charge in [-0.3, -0.25) is 4.99 Å². The Bertz CT molecular complexity index is 899. The highest BCUT2D eigenvalue weighted by molar-refractivity contribution is 5.89. The van der Waals surface area contributed by atoms with Gasteiger partial charge in [0.15, 0.2) is 0 Å². The molecule has 4 heteroatoms. The molecule has 1 heterocycles. The lowest BCUT2D eigenvalue weighted by Crippen LogP contribution is -2.45. The lowest BCUT2D eigenvalue weighted by Gasteiger charge is -2.43. The van der Waals surface area contributed by atoms with Crippen molar-refractivity contribution in [2.24, 2.45) is 4.99 Å². The lowest BCUT2D eigenvalue weighted by atomic mass is 9.87. The van der Waals surface area contributed by atoms with E-state index in [9.17, 15) is 4.39 Å². The van der Waals surface area contributed by atoms with Crippen molar-refractivity contribution in [3.8, 4) is 5.75 Å².